The van der Waals surface area contributed by atoms with E-state index in [9.17, 15) is 22.8 Å². The third-order valence-corrected chi connectivity index (χ3v) is 5.95. The fourth-order valence-electron chi connectivity index (χ4n) is 2.69. The SMILES string of the molecule is CC(C)CS(=O)(=O)CCC(=O)NC(CC(N)=O)C(=O)c1nc(-c2ccccc2)no1. The number of carbonyl (C=O) groups excluding carboxylic acids is 3. The molecular weight excluding hydrogens is 412 g/mol. The quantitative estimate of drug-likeness (QED) is 0.487. The number of nitrogens with zero attached hydrogens (tertiary/aromatic N) is 2. The largest absolute Gasteiger partial charge is 0.370 e. The Labute approximate surface area is 174 Å². The molecule has 0 saturated heterocycles. The van der Waals surface area contributed by atoms with Gasteiger partial charge >= 0.3 is 0 Å². The Balaban J connectivity index is 2.08. The molecule has 1 atom stereocenters. The summed E-state index contributed by atoms with van der Waals surface area (Å²) < 4.78 is 28.9. The second kappa shape index (κ2) is 10.1. The predicted octanol–water partition coefficient (Wildman–Crippen LogP) is 0.740. The Kier molecular flexibility index (Phi) is 7.81. The van der Waals surface area contributed by atoms with Gasteiger partial charge in [-0.05, 0) is 5.92 Å². The summed E-state index contributed by atoms with van der Waals surface area (Å²) in [5.41, 5.74) is 5.79. The highest BCUT2D eigenvalue weighted by Crippen LogP contribution is 2.16. The van der Waals surface area contributed by atoms with E-state index in [0.29, 0.717) is 5.56 Å². The van der Waals surface area contributed by atoms with Gasteiger partial charge in [-0.1, -0.05) is 49.3 Å². The average Bonchev–Trinajstić information content (AvgIpc) is 3.15. The lowest BCUT2D eigenvalue weighted by Gasteiger charge is -2.14. The van der Waals surface area contributed by atoms with E-state index in [0.717, 1.165) is 0 Å². The molecule has 0 aliphatic carbocycles. The van der Waals surface area contributed by atoms with Gasteiger partial charge in [0.15, 0.2) is 9.84 Å². The minimum absolute atomic E-state index is 0.0474. The molecule has 30 heavy (non-hydrogen) atoms. The molecule has 10 nitrogen and oxygen atoms in total. The lowest BCUT2D eigenvalue weighted by Crippen LogP contribution is -2.44. The first kappa shape index (κ1) is 23.2. The number of primary amides is 1. The van der Waals surface area contributed by atoms with Crippen molar-refractivity contribution in [2.24, 2.45) is 11.7 Å². The van der Waals surface area contributed by atoms with Crippen molar-refractivity contribution in [3.05, 3.63) is 36.2 Å². The Morgan fingerprint density at radius 1 is 1.17 bits per heavy atom. The minimum atomic E-state index is -3.41. The number of rotatable bonds is 11. The molecule has 0 radical (unpaired) electrons. The topological polar surface area (TPSA) is 162 Å². The van der Waals surface area contributed by atoms with Crippen molar-refractivity contribution in [1.82, 2.24) is 15.5 Å². The second-order valence-electron chi connectivity index (χ2n) is 7.20. The van der Waals surface area contributed by atoms with Crippen LogP contribution in [0.4, 0.5) is 0 Å². The number of hydrogen-bond donors (Lipinski definition) is 2. The van der Waals surface area contributed by atoms with Crippen LogP contribution in [0.15, 0.2) is 34.9 Å². The Morgan fingerprint density at radius 2 is 1.83 bits per heavy atom. The Bertz CT molecular complexity index is 1000. The zero-order valence-electron chi connectivity index (χ0n) is 16.7. The predicted molar refractivity (Wildman–Crippen MR) is 108 cm³/mol. The van der Waals surface area contributed by atoms with Crippen LogP contribution in [-0.4, -0.2) is 53.7 Å². The number of hydrogen-bond acceptors (Lipinski definition) is 8. The van der Waals surface area contributed by atoms with Crippen LogP contribution < -0.4 is 11.1 Å². The van der Waals surface area contributed by atoms with E-state index in [1.165, 1.54) is 0 Å². The van der Waals surface area contributed by atoms with Gasteiger partial charge in [-0.3, -0.25) is 14.4 Å². The fourth-order valence-corrected chi connectivity index (χ4v) is 4.37. The summed E-state index contributed by atoms with van der Waals surface area (Å²) in [7, 11) is -3.41. The van der Waals surface area contributed by atoms with Crippen LogP contribution in [-0.2, 0) is 19.4 Å². The molecule has 2 rings (SSSR count). The minimum Gasteiger partial charge on any atom is -0.370 e. The molecule has 0 spiro atoms. The molecule has 2 amide bonds. The third kappa shape index (κ3) is 7.07. The number of carbonyl (C=O) groups is 3. The number of amides is 2. The summed E-state index contributed by atoms with van der Waals surface area (Å²) in [6.45, 7) is 3.51. The summed E-state index contributed by atoms with van der Waals surface area (Å²) in [6, 6.07) is 7.42. The van der Waals surface area contributed by atoms with Crippen molar-refractivity contribution < 1.29 is 27.3 Å². The first-order valence-corrected chi connectivity index (χ1v) is 11.1. The summed E-state index contributed by atoms with van der Waals surface area (Å²) >= 11 is 0. The maximum Gasteiger partial charge on any atom is 0.296 e. The Morgan fingerprint density at radius 3 is 2.43 bits per heavy atom. The van der Waals surface area contributed by atoms with Crippen LogP contribution >= 0.6 is 0 Å². The van der Waals surface area contributed by atoms with Gasteiger partial charge in [-0.25, -0.2) is 8.42 Å². The summed E-state index contributed by atoms with van der Waals surface area (Å²) in [6.07, 6.45) is -0.844. The highest BCUT2D eigenvalue weighted by atomic mass is 32.2. The molecule has 1 aromatic carbocycles. The number of benzene rings is 1. The smallest absolute Gasteiger partial charge is 0.296 e. The molecule has 0 bridgehead atoms. The first-order chi connectivity index (χ1) is 14.1. The highest BCUT2D eigenvalue weighted by molar-refractivity contribution is 7.91. The van der Waals surface area contributed by atoms with E-state index in [4.69, 9.17) is 10.3 Å². The van der Waals surface area contributed by atoms with E-state index >= 15 is 0 Å². The summed E-state index contributed by atoms with van der Waals surface area (Å²) in [5.74, 6) is -3.04. The van der Waals surface area contributed by atoms with Gasteiger partial charge in [0.05, 0.1) is 17.9 Å². The van der Waals surface area contributed by atoms with E-state index in [2.05, 4.69) is 15.5 Å². The van der Waals surface area contributed by atoms with Crippen LogP contribution in [0.3, 0.4) is 0 Å². The molecule has 0 aliphatic heterocycles. The average molecular weight is 436 g/mol. The van der Waals surface area contributed by atoms with Crippen LogP contribution in [0.1, 0.15) is 37.4 Å². The van der Waals surface area contributed by atoms with Crippen LogP contribution in [0.5, 0.6) is 0 Å². The van der Waals surface area contributed by atoms with Gasteiger partial charge < -0.3 is 15.6 Å². The van der Waals surface area contributed by atoms with Gasteiger partial charge in [0.1, 0.15) is 6.04 Å². The number of Topliss-reactive ketones (excluding diaryl/α,β-unsaturated/α-hetero) is 1. The molecule has 1 aromatic heterocycles. The summed E-state index contributed by atoms with van der Waals surface area (Å²) in [5, 5.41) is 6.07. The molecule has 2 aromatic rings. The van der Waals surface area contributed by atoms with Crippen molar-refractivity contribution in [3.8, 4) is 11.4 Å². The zero-order valence-corrected chi connectivity index (χ0v) is 17.5. The van der Waals surface area contributed by atoms with E-state index < -0.39 is 45.8 Å². The maximum atomic E-state index is 12.7. The van der Waals surface area contributed by atoms with Crippen molar-refractivity contribution in [2.75, 3.05) is 11.5 Å². The van der Waals surface area contributed by atoms with Gasteiger partial charge in [-0.15, -0.1) is 0 Å². The first-order valence-electron chi connectivity index (χ1n) is 9.29. The van der Waals surface area contributed by atoms with E-state index in [1.807, 2.05) is 0 Å². The monoisotopic (exact) mass is 436 g/mol. The van der Waals surface area contributed by atoms with Crippen molar-refractivity contribution in [2.45, 2.75) is 32.7 Å². The molecule has 0 saturated carbocycles. The molecule has 3 N–H and O–H groups in total. The van der Waals surface area contributed by atoms with Gasteiger partial charge in [-0.2, -0.15) is 4.98 Å². The highest BCUT2D eigenvalue weighted by Gasteiger charge is 2.29. The lowest BCUT2D eigenvalue weighted by atomic mass is 10.1. The van der Waals surface area contributed by atoms with Gasteiger partial charge in [0, 0.05) is 12.0 Å². The van der Waals surface area contributed by atoms with E-state index in [-0.39, 0.29) is 29.7 Å². The molecule has 162 valence electrons. The number of aromatic nitrogens is 2. The van der Waals surface area contributed by atoms with Crippen molar-refractivity contribution in [3.63, 3.8) is 0 Å². The Hall–Kier alpha value is -3.08. The van der Waals surface area contributed by atoms with Crippen molar-refractivity contribution >= 4 is 27.4 Å². The van der Waals surface area contributed by atoms with Crippen LogP contribution in [0, 0.1) is 5.92 Å². The zero-order chi connectivity index (χ0) is 22.3. The van der Waals surface area contributed by atoms with Gasteiger partial charge in [0.2, 0.25) is 23.4 Å². The number of sulfone groups is 1. The molecule has 11 heteroatoms. The normalized spacial score (nSPS) is 12.5. The molecule has 0 fully saturated rings. The molecule has 0 aliphatic rings. The molecule has 1 unspecified atom stereocenters. The second-order valence-corrected chi connectivity index (χ2v) is 9.43. The summed E-state index contributed by atoms with van der Waals surface area (Å²) in [4.78, 5) is 40.2. The third-order valence-electron chi connectivity index (χ3n) is 3.95. The number of nitrogens with two attached hydrogens (primary N) is 1. The standard InChI is InChI=1S/C19H24N4O6S/c1-12(2)11-30(27,28)9-8-16(25)21-14(10-15(20)24)17(26)19-22-18(23-29-19)13-6-4-3-5-7-13/h3-7,12,14H,8-11H2,1-2H3,(H2,20,24)(H,21,25). The molecule has 1 heterocycles. The molecular formula is C19H24N4O6S. The number of ketones is 1. The van der Waals surface area contributed by atoms with Crippen LogP contribution in [0.25, 0.3) is 11.4 Å². The van der Waals surface area contributed by atoms with Gasteiger partial charge in [0.25, 0.3) is 5.89 Å². The number of nitrogens with one attached hydrogen (secondary N) is 1. The fraction of sp³-hybridized carbons (Fsp3) is 0.421. The lowest BCUT2D eigenvalue weighted by molar-refractivity contribution is -0.122. The van der Waals surface area contributed by atoms with Crippen molar-refractivity contribution in [1.29, 1.82) is 0 Å². The van der Waals surface area contributed by atoms with E-state index in [1.54, 1.807) is 44.2 Å². The van der Waals surface area contributed by atoms with Crippen LogP contribution in [0.2, 0.25) is 0 Å². The maximum absolute atomic E-state index is 12.7.